The summed E-state index contributed by atoms with van der Waals surface area (Å²) in [6.45, 7) is 6.01. The van der Waals surface area contributed by atoms with E-state index >= 15 is 0 Å². The van der Waals surface area contributed by atoms with E-state index in [-0.39, 0.29) is 10.5 Å². The Morgan fingerprint density at radius 3 is 2.48 bits per heavy atom. The van der Waals surface area contributed by atoms with Gasteiger partial charge in [0, 0.05) is 37.4 Å². The minimum absolute atomic E-state index is 0.207. The van der Waals surface area contributed by atoms with E-state index in [1.54, 1.807) is 25.1 Å². The van der Waals surface area contributed by atoms with Crippen LogP contribution in [0.25, 0.3) is 11.3 Å². The number of aromatic amines is 1. The fourth-order valence-corrected chi connectivity index (χ4v) is 5.27. The minimum atomic E-state index is -3.60. The topological polar surface area (TPSA) is 85.8 Å². The average Bonchev–Trinajstić information content (AvgIpc) is 2.88. The summed E-state index contributed by atoms with van der Waals surface area (Å²) in [6, 6.07) is 14.4. The molecule has 0 aromatic heterocycles. The van der Waals surface area contributed by atoms with Gasteiger partial charge in [-0.05, 0) is 44.7 Å². The van der Waals surface area contributed by atoms with Crippen molar-refractivity contribution >= 4 is 21.4 Å². The molecule has 1 saturated heterocycles. The largest absolute Gasteiger partial charge is 0.321 e. The number of fused-ring (bicyclic) bond motifs is 1. The number of sulfonamides is 1. The van der Waals surface area contributed by atoms with Gasteiger partial charge >= 0.3 is 0 Å². The van der Waals surface area contributed by atoms with Crippen LogP contribution in [0.2, 0.25) is 0 Å². The van der Waals surface area contributed by atoms with Gasteiger partial charge in [0.1, 0.15) is 0 Å². The number of hydrogen-bond donors (Lipinski definition) is 1. The van der Waals surface area contributed by atoms with Gasteiger partial charge in [0.05, 0.1) is 21.9 Å². The zero-order chi connectivity index (χ0) is 22.2. The second-order valence-electron chi connectivity index (χ2n) is 7.92. The summed E-state index contributed by atoms with van der Waals surface area (Å²) in [4.78, 5) is 22.4. The van der Waals surface area contributed by atoms with Crippen LogP contribution in [0.1, 0.15) is 18.1 Å². The maximum atomic E-state index is 13.1. The summed E-state index contributed by atoms with van der Waals surface area (Å²) in [7, 11) is -1.61. The Kier molecular flexibility index (Phi) is 5.79. The molecule has 1 fully saturated rings. The molecule has 0 atom stereocenters. The zero-order valence-electron chi connectivity index (χ0n) is 17.9. The first-order valence-corrected chi connectivity index (χ1v) is 11.7. The van der Waals surface area contributed by atoms with Gasteiger partial charge in [0.25, 0.3) is 5.56 Å². The summed E-state index contributed by atoms with van der Waals surface area (Å²) < 4.78 is 27.8. The van der Waals surface area contributed by atoms with Crippen molar-refractivity contribution in [3.8, 4) is 11.3 Å². The van der Waals surface area contributed by atoms with E-state index in [9.17, 15) is 13.2 Å². The first-order chi connectivity index (χ1) is 14.8. The quantitative estimate of drug-likeness (QED) is 0.635. The third kappa shape index (κ3) is 4.19. The fraction of sp³-hybridized carbons (Fsp3) is 0.304. The Labute approximate surface area is 182 Å². The smallest absolute Gasteiger partial charge is 0.258 e. The number of rotatable bonds is 4. The Hall–Kier alpha value is -2.81. The molecule has 0 bridgehead atoms. The molecule has 0 saturated carbocycles. The molecule has 1 aliphatic carbocycles. The predicted octanol–water partition coefficient (Wildman–Crippen LogP) is 2.86. The molecule has 162 valence electrons. The molecule has 31 heavy (non-hydrogen) atoms. The second-order valence-corrected chi connectivity index (χ2v) is 9.86. The summed E-state index contributed by atoms with van der Waals surface area (Å²) >= 11 is 0. The van der Waals surface area contributed by atoms with Crippen LogP contribution in [0.3, 0.4) is 0 Å². The molecule has 0 unspecified atom stereocenters. The van der Waals surface area contributed by atoms with Gasteiger partial charge in [-0.15, -0.1) is 0 Å². The van der Waals surface area contributed by atoms with Gasteiger partial charge in [-0.3, -0.25) is 9.79 Å². The normalized spacial score (nSPS) is 16.7. The third-order valence-electron chi connectivity index (χ3n) is 5.71. The molecule has 1 aromatic rings. The van der Waals surface area contributed by atoms with E-state index in [1.807, 2.05) is 44.3 Å². The lowest BCUT2D eigenvalue weighted by Crippen LogP contribution is -2.46. The lowest BCUT2D eigenvalue weighted by Gasteiger charge is -2.31. The van der Waals surface area contributed by atoms with Gasteiger partial charge in [0.15, 0.2) is 0 Å². The van der Waals surface area contributed by atoms with Crippen molar-refractivity contribution in [2.75, 3.05) is 33.2 Å². The van der Waals surface area contributed by atoms with Crippen LogP contribution >= 0.6 is 0 Å². The summed E-state index contributed by atoms with van der Waals surface area (Å²) in [5, 5.41) is 0. The van der Waals surface area contributed by atoms with Crippen LogP contribution in [0.4, 0.5) is 5.69 Å². The van der Waals surface area contributed by atoms with Crippen LogP contribution in [0.15, 0.2) is 63.2 Å². The van der Waals surface area contributed by atoms with Crippen LogP contribution in [-0.2, 0) is 10.0 Å². The van der Waals surface area contributed by atoms with E-state index in [0.717, 1.165) is 16.8 Å². The monoisotopic (exact) mass is 438 g/mol. The number of H-pyrrole nitrogens is 1. The van der Waals surface area contributed by atoms with Crippen molar-refractivity contribution in [2.24, 2.45) is 4.99 Å². The molecule has 3 aliphatic rings. The maximum Gasteiger partial charge on any atom is 0.258 e. The van der Waals surface area contributed by atoms with Crippen LogP contribution in [0, 0.1) is 6.92 Å². The zero-order valence-corrected chi connectivity index (χ0v) is 18.7. The van der Waals surface area contributed by atoms with E-state index in [2.05, 4.69) is 14.9 Å². The molecule has 1 aromatic carbocycles. The highest BCUT2D eigenvalue weighted by Crippen LogP contribution is 2.28. The Balaban J connectivity index is 1.73. The van der Waals surface area contributed by atoms with Crippen molar-refractivity contribution < 1.29 is 8.42 Å². The van der Waals surface area contributed by atoms with Crippen molar-refractivity contribution in [3.05, 3.63) is 70.0 Å². The average molecular weight is 439 g/mol. The van der Waals surface area contributed by atoms with E-state index in [0.29, 0.717) is 43.1 Å². The molecule has 1 N–H and O–H groups in total. The fourth-order valence-electron chi connectivity index (χ4n) is 3.82. The number of nitrogens with zero attached hydrogens (tertiary/aromatic N) is 3. The van der Waals surface area contributed by atoms with E-state index in [1.165, 1.54) is 4.31 Å². The number of benzene rings is 1. The molecule has 7 nitrogen and oxygen atoms in total. The van der Waals surface area contributed by atoms with Gasteiger partial charge in [0.2, 0.25) is 10.0 Å². The molecule has 2 heterocycles. The highest BCUT2D eigenvalue weighted by molar-refractivity contribution is 7.89. The summed E-state index contributed by atoms with van der Waals surface area (Å²) in [5.74, 6) is 0. The molecular formula is C23H26N4O3S. The molecule has 0 spiro atoms. The van der Waals surface area contributed by atoms with Crippen molar-refractivity contribution in [3.63, 3.8) is 0 Å². The standard InChI is InChI=1S/C23H26N4O3S/c1-16-9-10-18(31(29,30)27-13-11-26(3)12-14-27)15-21(16)24-17(2)22-19-7-5-4-6-8-20(19)25-23(22)28/h4-10,15H,11-14H2,1-3H3,(H,25,28). The number of aliphatic imine (C=N–C) groups is 1. The van der Waals surface area contributed by atoms with Gasteiger partial charge in [-0.25, -0.2) is 8.42 Å². The highest BCUT2D eigenvalue weighted by atomic mass is 32.2. The molecule has 0 radical (unpaired) electrons. The third-order valence-corrected chi connectivity index (χ3v) is 7.61. The van der Waals surface area contributed by atoms with Crippen LogP contribution in [-0.4, -0.2) is 61.5 Å². The molecule has 2 aliphatic heterocycles. The highest BCUT2D eigenvalue weighted by Gasteiger charge is 2.28. The number of nitrogens with one attached hydrogen (secondary N) is 1. The van der Waals surface area contributed by atoms with Gasteiger partial charge in [-0.1, -0.05) is 30.3 Å². The summed E-state index contributed by atoms with van der Waals surface area (Å²) in [5.41, 5.74) is 3.74. The molecule has 8 heteroatoms. The first kappa shape index (κ1) is 21.4. The van der Waals surface area contributed by atoms with Crippen molar-refractivity contribution in [2.45, 2.75) is 18.7 Å². The first-order valence-electron chi connectivity index (χ1n) is 10.2. The Morgan fingerprint density at radius 1 is 1.03 bits per heavy atom. The minimum Gasteiger partial charge on any atom is -0.321 e. The summed E-state index contributed by atoms with van der Waals surface area (Å²) in [6.07, 6.45) is 0. The number of hydrogen-bond acceptors (Lipinski definition) is 5. The maximum absolute atomic E-state index is 13.1. The van der Waals surface area contributed by atoms with Crippen molar-refractivity contribution in [1.29, 1.82) is 0 Å². The van der Waals surface area contributed by atoms with Crippen LogP contribution in [0.5, 0.6) is 0 Å². The van der Waals surface area contributed by atoms with E-state index < -0.39 is 10.0 Å². The van der Waals surface area contributed by atoms with Gasteiger partial charge in [-0.2, -0.15) is 4.31 Å². The van der Waals surface area contributed by atoms with Crippen molar-refractivity contribution in [1.82, 2.24) is 14.2 Å². The molecule has 0 amide bonds. The van der Waals surface area contributed by atoms with Gasteiger partial charge < -0.3 is 9.88 Å². The second kappa shape index (κ2) is 8.37. The Bertz CT molecular complexity index is 1270. The number of aromatic nitrogens is 1. The number of aryl methyl sites for hydroxylation is 1. The molecular weight excluding hydrogens is 412 g/mol. The Morgan fingerprint density at radius 2 is 1.74 bits per heavy atom. The van der Waals surface area contributed by atoms with Crippen LogP contribution < -0.4 is 5.56 Å². The lowest BCUT2D eigenvalue weighted by molar-refractivity contribution is 0.222. The molecule has 4 rings (SSSR count). The number of piperazine rings is 1. The van der Waals surface area contributed by atoms with E-state index in [4.69, 9.17) is 0 Å². The lowest BCUT2D eigenvalue weighted by atomic mass is 10.1. The predicted molar refractivity (Wildman–Crippen MR) is 123 cm³/mol. The number of likely N-dealkylation sites (N-methyl/N-ethyl adjacent to an activating group) is 1. The SMILES string of the molecule is CC(=Nc1cc(S(=O)(=O)N2CCN(C)CC2)ccc1C)c1c2cccccc-2[nH]c1=O.